The number of nitrogens with zero attached hydrogens (tertiary/aromatic N) is 4. The van der Waals surface area contributed by atoms with Crippen LogP contribution in [0.3, 0.4) is 0 Å². The lowest BCUT2D eigenvalue weighted by Crippen LogP contribution is -2.40. The fourth-order valence-electron chi connectivity index (χ4n) is 2.25. The highest BCUT2D eigenvalue weighted by Gasteiger charge is 2.27. The summed E-state index contributed by atoms with van der Waals surface area (Å²) >= 11 is 0. The van der Waals surface area contributed by atoms with Crippen molar-refractivity contribution in [1.29, 1.82) is 0 Å². The first kappa shape index (κ1) is 13.5. The maximum Gasteiger partial charge on any atom is 0.308 e. The zero-order chi connectivity index (χ0) is 13.7. The Hall–Kier alpha value is -1.92. The van der Waals surface area contributed by atoms with E-state index in [0.29, 0.717) is 38.9 Å². The molecule has 2 rings (SSSR count). The van der Waals surface area contributed by atoms with Gasteiger partial charge in [-0.3, -0.25) is 14.3 Å². The second-order valence-electron chi connectivity index (χ2n) is 4.59. The van der Waals surface area contributed by atoms with E-state index in [0.717, 1.165) is 0 Å². The largest absolute Gasteiger partial charge is 0.469 e. The summed E-state index contributed by atoms with van der Waals surface area (Å²) in [5.74, 6) is -0.141. The number of rotatable bonds is 4. The Morgan fingerprint density at radius 3 is 2.68 bits per heavy atom. The van der Waals surface area contributed by atoms with Crippen molar-refractivity contribution < 1.29 is 14.3 Å². The molecule has 0 saturated carbocycles. The van der Waals surface area contributed by atoms with E-state index in [1.807, 2.05) is 0 Å². The maximum atomic E-state index is 12.0. The van der Waals surface area contributed by atoms with Crippen LogP contribution >= 0.6 is 0 Å². The molecule has 1 aliphatic heterocycles. The molecular formula is C12H18N4O3. The molecule has 1 amide bonds. The number of piperidine rings is 1. The number of aryl methyl sites for hydroxylation is 1. The van der Waals surface area contributed by atoms with Gasteiger partial charge in [-0.2, -0.15) is 0 Å². The normalized spacial score (nSPS) is 16.4. The van der Waals surface area contributed by atoms with E-state index < -0.39 is 0 Å². The van der Waals surface area contributed by atoms with Crippen molar-refractivity contribution in [3.63, 3.8) is 0 Å². The first-order valence-corrected chi connectivity index (χ1v) is 6.40. The fraction of sp³-hybridized carbons (Fsp3) is 0.667. The van der Waals surface area contributed by atoms with Crippen molar-refractivity contribution in [3.8, 4) is 0 Å². The smallest absolute Gasteiger partial charge is 0.308 e. The van der Waals surface area contributed by atoms with Crippen LogP contribution in [0.25, 0.3) is 0 Å². The van der Waals surface area contributed by atoms with Crippen molar-refractivity contribution in [2.75, 3.05) is 20.2 Å². The Labute approximate surface area is 111 Å². The number of hydrogen-bond acceptors (Lipinski definition) is 5. The lowest BCUT2D eigenvalue weighted by molar-refractivity contribution is -0.148. The van der Waals surface area contributed by atoms with Crippen LogP contribution in [-0.4, -0.2) is 52.0 Å². The van der Waals surface area contributed by atoms with Gasteiger partial charge in [0.25, 0.3) is 0 Å². The molecule has 0 N–H and O–H groups in total. The minimum atomic E-state index is -0.172. The molecule has 0 aromatic carbocycles. The number of carbonyl (C=O) groups excluding carboxylic acids is 2. The van der Waals surface area contributed by atoms with Crippen molar-refractivity contribution in [3.05, 3.63) is 12.4 Å². The Balaban J connectivity index is 1.74. The predicted octanol–water partition coefficient (Wildman–Crippen LogP) is 0.0798. The van der Waals surface area contributed by atoms with Crippen LogP contribution in [0.2, 0.25) is 0 Å². The zero-order valence-corrected chi connectivity index (χ0v) is 11.0. The molecule has 0 atom stereocenters. The highest BCUT2D eigenvalue weighted by Crippen LogP contribution is 2.18. The molecule has 1 aromatic rings. The molecule has 7 nitrogen and oxygen atoms in total. The van der Waals surface area contributed by atoms with E-state index in [4.69, 9.17) is 4.74 Å². The molecule has 104 valence electrons. The van der Waals surface area contributed by atoms with Gasteiger partial charge in [-0.05, 0) is 12.8 Å². The van der Waals surface area contributed by atoms with Gasteiger partial charge in [0, 0.05) is 25.7 Å². The Bertz CT molecular complexity index is 424. The molecular weight excluding hydrogens is 248 g/mol. The third-order valence-corrected chi connectivity index (χ3v) is 3.41. The Morgan fingerprint density at radius 2 is 2.11 bits per heavy atom. The van der Waals surface area contributed by atoms with Gasteiger partial charge in [0.2, 0.25) is 5.91 Å². The molecule has 0 aliphatic carbocycles. The van der Waals surface area contributed by atoms with Gasteiger partial charge in [0.15, 0.2) is 0 Å². The van der Waals surface area contributed by atoms with Crippen molar-refractivity contribution in [1.82, 2.24) is 19.9 Å². The van der Waals surface area contributed by atoms with Crippen LogP contribution < -0.4 is 0 Å². The molecule has 19 heavy (non-hydrogen) atoms. The van der Waals surface area contributed by atoms with E-state index in [-0.39, 0.29) is 17.8 Å². The minimum Gasteiger partial charge on any atom is -0.469 e. The minimum absolute atomic E-state index is 0.0654. The number of amides is 1. The number of likely N-dealkylation sites (tertiary alicyclic amines) is 1. The maximum absolute atomic E-state index is 12.0. The molecule has 1 aromatic heterocycles. The van der Waals surface area contributed by atoms with Gasteiger partial charge >= 0.3 is 5.97 Å². The second-order valence-corrected chi connectivity index (χ2v) is 4.59. The molecule has 0 radical (unpaired) electrons. The van der Waals surface area contributed by atoms with Gasteiger partial charge in [0.05, 0.1) is 25.8 Å². The molecule has 0 unspecified atom stereocenters. The van der Waals surface area contributed by atoms with Crippen LogP contribution in [0.1, 0.15) is 19.3 Å². The number of hydrogen-bond donors (Lipinski definition) is 0. The molecule has 2 heterocycles. The number of ether oxygens (including phenoxy) is 1. The summed E-state index contributed by atoms with van der Waals surface area (Å²) in [5.41, 5.74) is 0. The molecule has 1 aliphatic rings. The van der Waals surface area contributed by atoms with Crippen molar-refractivity contribution in [2.45, 2.75) is 25.8 Å². The van der Waals surface area contributed by atoms with Crippen LogP contribution in [0.5, 0.6) is 0 Å². The summed E-state index contributed by atoms with van der Waals surface area (Å²) in [6.45, 7) is 1.78. The fourth-order valence-corrected chi connectivity index (χ4v) is 2.25. The predicted molar refractivity (Wildman–Crippen MR) is 66.0 cm³/mol. The van der Waals surface area contributed by atoms with Crippen molar-refractivity contribution in [2.24, 2.45) is 5.92 Å². The highest BCUT2D eigenvalue weighted by molar-refractivity contribution is 5.77. The zero-order valence-electron chi connectivity index (χ0n) is 11.0. The number of aromatic nitrogens is 3. The SMILES string of the molecule is COC(=O)C1CCN(C(=O)CCn2ccnn2)CC1. The molecule has 0 bridgehead atoms. The molecule has 0 spiro atoms. The Kier molecular flexibility index (Phi) is 4.48. The summed E-state index contributed by atoms with van der Waals surface area (Å²) in [5, 5.41) is 7.50. The third kappa shape index (κ3) is 3.52. The lowest BCUT2D eigenvalue weighted by Gasteiger charge is -2.30. The number of methoxy groups -OCH3 is 1. The van der Waals surface area contributed by atoms with Crippen LogP contribution in [-0.2, 0) is 20.9 Å². The molecule has 1 fully saturated rings. The lowest BCUT2D eigenvalue weighted by atomic mass is 9.97. The van der Waals surface area contributed by atoms with E-state index in [2.05, 4.69) is 10.3 Å². The van der Waals surface area contributed by atoms with E-state index in [1.165, 1.54) is 7.11 Å². The van der Waals surface area contributed by atoms with Gasteiger partial charge in [-0.1, -0.05) is 5.21 Å². The standard InChI is InChI=1S/C12H18N4O3/c1-19-12(18)10-2-6-15(7-3-10)11(17)4-8-16-9-5-13-14-16/h5,9-10H,2-4,6-8H2,1H3. The van der Waals surface area contributed by atoms with Gasteiger partial charge in [-0.15, -0.1) is 5.10 Å². The van der Waals surface area contributed by atoms with Gasteiger partial charge < -0.3 is 9.64 Å². The topological polar surface area (TPSA) is 77.3 Å². The summed E-state index contributed by atoms with van der Waals surface area (Å²) in [6.07, 6.45) is 5.10. The second kappa shape index (κ2) is 6.31. The van der Waals surface area contributed by atoms with E-state index in [9.17, 15) is 9.59 Å². The van der Waals surface area contributed by atoms with Crippen LogP contribution in [0, 0.1) is 5.92 Å². The first-order chi connectivity index (χ1) is 9.20. The third-order valence-electron chi connectivity index (χ3n) is 3.41. The van der Waals surface area contributed by atoms with E-state index >= 15 is 0 Å². The monoisotopic (exact) mass is 266 g/mol. The number of esters is 1. The molecule has 1 saturated heterocycles. The summed E-state index contributed by atoms with van der Waals surface area (Å²) < 4.78 is 6.36. The molecule has 7 heteroatoms. The van der Waals surface area contributed by atoms with Crippen LogP contribution in [0.15, 0.2) is 12.4 Å². The van der Waals surface area contributed by atoms with Crippen LogP contribution in [0.4, 0.5) is 0 Å². The summed E-state index contributed by atoms with van der Waals surface area (Å²) in [7, 11) is 1.40. The first-order valence-electron chi connectivity index (χ1n) is 6.40. The average molecular weight is 266 g/mol. The summed E-state index contributed by atoms with van der Waals surface area (Å²) in [4.78, 5) is 25.2. The van der Waals surface area contributed by atoms with Gasteiger partial charge in [0.1, 0.15) is 0 Å². The van der Waals surface area contributed by atoms with Crippen molar-refractivity contribution >= 4 is 11.9 Å². The summed E-state index contributed by atoms with van der Waals surface area (Å²) in [6, 6.07) is 0. The number of carbonyl (C=O) groups is 2. The average Bonchev–Trinajstić information content (AvgIpc) is 2.97. The Morgan fingerprint density at radius 1 is 1.37 bits per heavy atom. The highest BCUT2D eigenvalue weighted by atomic mass is 16.5. The quantitative estimate of drug-likeness (QED) is 0.721. The van der Waals surface area contributed by atoms with E-state index in [1.54, 1.807) is 22.0 Å². The van der Waals surface area contributed by atoms with Gasteiger partial charge in [-0.25, -0.2) is 0 Å².